The highest BCUT2D eigenvalue weighted by atomic mass is 16.5. The van der Waals surface area contributed by atoms with Gasteiger partial charge in [0.05, 0.1) is 18.4 Å². The minimum Gasteiger partial charge on any atom is -0.465 e. The van der Waals surface area contributed by atoms with Crippen LogP contribution < -0.4 is 5.32 Å². The Morgan fingerprint density at radius 2 is 1.86 bits per heavy atom. The van der Waals surface area contributed by atoms with E-state index < -0.39 is 5.97 Å². The number of amides is 1. The van der Waals surface area contributed by atoms with Gasteiger partial charge in [-0.05, 0) is 38.1 Å². The maximum Gasteiger partial charge on any atom is 0.337 e. The molecule has 0 aliphatic rings. The van der Waals surface area contributed by atoms with E-state index in [-0.39, 0.29) is 5.91 Å². The molecule has 6 nitrogen and oxygen atoms in total. The Kier molecular flexibility index (Phi) is 4.93. The van der Waals surface area contributed by atoms with E-state index in [1.165, 1.54) is 7.11 Å². The summed E-state index contributed by atoms with van der Waals surface area (Å²) in [7, 11) is 1.32. The lowest BCUT2D eigenvalue weighted by molar-refractivity contribution is 0.0600. The maximum atomic E-state index is 12.1. The molecule has 0 radical (unpaired) electrons. The third kappa shape index (κ3) is 3.52. The molecule has 22 heavy (non-hydrogen) atoms. The van der Waals surface area contributed by atoms with Gasteiger partial charge in [0.25, 0.3) is 5.91 Å². The van der Waals surface area contributed by atoms with E-state index in [1.54, 1.807) is 24.3 Å². The quantitative estimate of drug-likeness (QED) is 0.856. The van der Waals surface area contributed by atoms with Crippen molar-refractivity contribution in [3.63, 3.8) is 0 Å². The Morgan fingerprint density at radius 3 is 2.41 bits per heavy atom. The predicted octanol–water partition coefficient (Wildman–Crippen LogP) is 1.93. The fourth-order valence-corrected chi connectivity index (χ4v) is 2.05. The average molecular weight is 301 g/mol. The molecule has 0 saturated heterocycles. The number of aromatic nitrogens is 2. The van der Waals surface area contributed by atoms with Crippen molar-refractivity contribution in [2.75, 3.05) is 7.11 Å². The summed E-state index contributed by atoms with van der Waals surface area (Å²) in [6, 6.07) is 6.34. The highest BCUT2D eigenvalue weighted by molar-refractivity contribution is 5.96. The number of ether oxygens (including phenoxy) is 1. The topological polar surface area (TPSA) is 73.2 Å². The van der Waals surface area contributed by atoms with Crippen LogP contribution in [-0.4, -0.2) is 28.8 Å². The summed E-state index contributed by atoms with van der Waals surface area (Å²) >= 11 is 0. The van der Waals surface area contributed by atoms with Crippen molar-refractivity contribution in [3.05, 3.63) is 52.8 Å². The number of methoxy groups -OCH3 is 1. The van der Waals surface area contributed by atoms with E-state index in [9.17, 15) is 9.59 Å². The van der Waals surface area contributed by atoms with Gasteiger partial charge in [0, 0.05) is 30.4 Å². The van der Waals surface area contributed by atoms with Crippen molar-refractivity contribution >= 4 is 11.9 Å². The highest BCUT2D eigenvalue weighted by Gasteiger charge is 2.10. The van der Waals surface area contributed by atoms with Crippen molar-refractivity contribution in [2.45, 2.75) is 26.9 Å². The second-order valence-electron chi connectivity index (χ2n) is 4.85. The van der Waals surface area contributed by atoms with Gasteiger partial charge in [-0.1, -0.05) is 0 Å². The minimum atomic E-state index is -0.422. The zero-order valence-electron chi connectivity index (χ0n) is 12.9. The van der Waals surface area contributed by atoms with Crippen LogP contribution in [0.1, 0.15) is 38.9 Å². The first-order chi connectivity index (χ1) is 10.5. The number of nitrogens with zero attached hydrogens (tertiary/aromatic N) is 2. The van der Waals surface area contributed by atoms with Crippen molar-refractivity contribution in [2.24, 2.45) is 0 Å². The molecule has 6 heteroatoms. The largest absolute Gasteiger partial charge is 0.465 e. The molecule has 116 valence electrons. The SMILES string of the molecule is CCn1cc(CNC(=O)c2ccc(C(=O)OC)cc2)c(C)n1. The minimum absolute atomic E-state index is 0.194. The number of rotatable bonds is 5. The van der Waals surface area contributed by atoms with Crippen LogP contribution in [-0.2, 0) is 17.8 Å². The van der Waals surface area contributed by atoms with E-state index in [0.717, 1.165) is 17.8 Å². The van der Waals surface area contributed by atoms with Crippen molar-refractivity contribution < 1.29 is 14.3 Å². The van der Waals surface area contributed by atoms with Crippen LogP contribution in [0.15, 0.2) is 30.5 Å². The Morgan fingerprint density at radius 1 is 1.23 bits per heavy atom. The first kappa shape index (κ1) is 15.8. The van der Waals surface area contributed by atoms with Gasteiger partial charge >= 0.3 is 5.97 Å². The molecule has 2 aromatic rings. The number of aryl methyl sites for hydroxylation is 2. The van der Waals surface area contributed by atoms with Crippen molar-refractivity contribution in [1.82, 2.24) is 15.1 Å². The maximum absolute atomic E-state index is 12.1. The fraction of sp³-hybridized carbons (Fsp3) is 0.312. The van der Waals surface area contributed by atoms with Crippen molar-refractivity contribution in [1.29, 1.82) is 0 Å². The number of carbonyl (C=O) groups excluding carboxylic acids is 2. The fourth-order valence-electron chi connectivity index (χ4n) is 2.05. The van der Waals surface area contributed by atoms with Gasteiger partial charge in [0.15, 0.2) is 0 Å². The number of hydrogen-bond donors (Lipinski definition) is 1. The molecule has 1 N–H and O–H groups in total. The Balaban J connectivity index is 2.00. The third-order valence-corrected chi connectivity index (χ3v) is 3.38. The summed E-state index contributed by atoms with van der Waals surface area (Å²) in [6.45, 7) is 5.14. The van der Waals surface area contributed by atoms with Crippen LogP contribution in [0, 0.1) is 6.92 Å². The molecule has 0 aliphatic carbocycles. The molecule has 0 saturated carbocycles. The lowest BCUT2D eigenvalue weighted by atomic mass is 10.1. The molecule has 0 fully saturated rings. The monoisotopic (exact) mass is 301 g/mol. The van der Waals surface area contributed by atoms with Crippen LogP contribution in [0.2, 0.25) is 0 Å². The second-order valence-corrected chi connectivity index (χ2v) is 4.85. The highest BCUT2D eigenvalue weighted by Crippen LogP contribution is 2.08. The van der Waals surface area contributed by atoms with Gasteiger partial charge in [0.2, 0.25) is 0 Å². The van der Waals surface area contributed by atoms with E-state index >= 15 is 0 Å². The number of esters is 1. The van der Waals surface area contributed by atoms with Crippen molar-refractivity contribution in [3.8, 4) is 0 Å². The summed E-state index contributed by atoms with van der Waals surface area (Å²) in [5, 5.41) is 7.18. The number of benzene rings is 1. The van der Waals surface area contributed by atoms with Gasteiger partial charge < -0.3 is 10.1 Å². The van der Waals surface area contributed by atoms with Crippen LogP contribution >= 0.6 is 0 Å². The summed E-state index contributed by atoms with van der Waals surface area (Å²) < 4.78 is 6.45. The van der Waals surface area contributed by atoms with Gasteiger partial charge in [-0.25, -0.2) is 4.79 Å². The number of hydrogen-bond acceptors (Lipinski definition) is 4. The molecule has 0 bridgehead atoms. The molecule has 1 amide bonds. The Bertz CT molecular complexity index is 674. The molecule has 1 heterocycles. The van der Waals surface area contributed by atoms with Gasteiger partial charge in [-0.15, -0.1) is 0 Å². The smallest absolute Gasteiger partial charge is 0.337 e. The molecule has 1 aromatic heterocycles. The van der Waals surface area contributed by atoms with E-state index in [4.69, 9.17) is 0 Å². The molecular formula is C16H19N3O3. The normalized spacial score (nSPS) is 10.3. The van der Waals surface area contributed by atoms with Crippen LogP contribution in [0.25, 0.3) is 0 Å². The van der Waals surface area contributed by atoms with Gasteiger partial charge in [-0.2, -0.15) is 5.10 Å². The number of nitrogens with one attached hydrogen (secondary N) is 1. The van der Waals surface area contributed by atoms with Crippen LogP contribution in [0.5, 0.6) is 0 Å². The molecule has 2 rings (SSSR count). The van der Waals surface area contributed by atoms with E-state index in [2.05, 4.69) is 15.2 Å². The summed E-state index contributed by atoms with van der Waals surface area (Å²) in [5.74, 6) is -0.616. The summed E-state index contributed by atoms with van der Waals surface area (Å²) in [5.41, 5.74) is 2.80. The summed E-state index contributed by atoms with van der Waals surface area (Å²) in [6.07, 6.45) is 1.93. The molecular weight excluding hydrogens is 282 g/mol. The average Bonchev–Trinajstić information content (AvgIpc) is 2.92. The Hall–Kier alpha value is -2.63. The molecule has 0 unspecified atom stereocenters. The lowest BCUT2D eigenvalue weighted by Crippen LogP contribution is -2.23. The molecule has 0 spiro atoms. The standard InChI is InChI=1S/C16H19N3O3/c1-4-19-10-14(11(2)18-19)9-17-15(20)12-5-7-13(8-6-12)16(21)22-3/h5-8,10H,4,9H2,1-3H3,(H,17,20). The van der Waals surface area contributed by atoms with Gasteiger partial charge in [-0.3, -0.25) is 9.48 Å². The second kappa shape index (κ2) is 6.89. The first-order valence-electron chi connectivity index (χ1n) is 7.04. The van der Waals surface area contributed by atoms with Gasteiger partial charge in [0.1, 0.15) is 0 Å². The number of carbonyl (C=O) groups is 2. The third-order valence-electron chi connectivity index (χ3n) is 3.38. The zero-order chi connectivity index (χ0) is 16.1. The first-order valence-corrected chi connectivity index (χ1v) is 7.04. The summed E-state index contributed by atoms with van der Waals surface area (Å²) in [4.78, 5) is 23.4. The zero-order valence-corrected chi connectivity index (χ0v) is 12.9. The van der Waals surface area contributed by atoms with E-state index in [1.807, 2.05) is 24.7 Å². The molecule has 1 aromatic carbocycles. The van der Waals surface area contributed by atoms with E-state index in [0.29, 0.717) is 17.7 Å². The Labute approximate surface area is 129 Å². The lowest BCUT2D eigenvalue weighted by Gasteiger charge is -2.05. The van der Waals surface area contributed by atoms with Crippen LogP contribution in [0.3, 0.4) is 0 Å². The molecule has 0 aliphatic heterocycles. The van der Waals surface area contributed by atoms with Crippen LogP contribution in [0.4, 0.5) is 0 Å². The predicted molar refractivity (Wildman–Crippen MR) is 81.6 cm³/mol. The molecule has 0 atom stereocenters.